The number of carbonyl (C=O) groups is 2. The summed E-state index contributed by atoms with van der Waals surface area (Å²) in [4.78, 5) is 26.4. The molecule has 1 heterocycles. The van der Waals surface area contributed by atoms with Crippen molar-refractivity contribution in [2.24, 2.45) is 0 Å². The number of ether oxygens (including phenoxy) is 1. The quantitative estimate of drug-likeness (QED) is 0.587. The van der Waals surface area contributed by atoms with Crippen molar-refractivity contribution in [3.8, 4) is 0 Å². The molecule has 150 valence electrons. The summed E-state index contributed by atoms with van der Waals surface area (Å²) < 4.78 is 10.6. The minimum atomic E-state index is -0.551. The number of hydrogen-bond donors (Lipinski definition) is 1. The highest BCUT2D eigenvalue weighted by atomic mass is 16.5. The van der Waals surface area contributed by atoms with E-state index in [-0.39, 0.29) is 12.5 Å². The van der Waals surface area contributed by atoms with Crippen molar-refractivity contribution in [1.29, 1.82) is 0 Å². The second kappa shape index (κ2) is 9.59. The van der Waals surface area contributed by atoms with E-state index in [9.17, 15) is 9.59 Å². The first-order valence-corrected chi connectivity index (χ1v) is 9.35. The van der Waals surface area contributed by atoms with E-state index in [1.807, 2.05) is 43.3 Å². The van der Waals surface area contributed by atoms with E-state index in [4.69, 9.17) is 9.15 Å². The van der Waals surface area contributed by atoms with Gasteiger partial charge in [-0.15, -0.1) is 0 Å². The number of carbonyl (C=O) groups excluding carboxylic acids is 2. The standard InChI is InChI=1S/C23H24N2O4/c1-17-8-3-4-9-18(17)15-25(2)22(26)16-29-23(27)20-11-5-6-12-21(20)24-14-19-10-7-13-28-19/h3-13,24H,14-16H2,1-2H3. The molecule has 6 heteroatoms. The van der Waals surface area contributed by atoms with Gasteiger partial charge in [0.15, 0.2) is 6.61 Å². The van der Waals surface area contributed by atoms with Crippen molar-refractivity contribution in [1.82, 2.24) is 4.90 Å². The first kappa shape index (κ1) is 20.2. The van der Waals surface area contributed by atoms with E-state index in [0.717, 1.165) is 16.9 Å². The summed E-state index contributed by atoms with van der Waals surface area (Å²) in [6, 6.07) is 18.5. The molecule has 0 bridgehead atoms. The molecule has 0 spiro atoms. The maximum Gasteiger partial charge on any atom is 0.340 e. The molecule has 3 rings (SSSR count). The molecular formula is C23H24N2O4. The van der Waals surface area contributed by atoms with E-state index in [1.165, 1.54) is 0 Å². The van der Waals surface area contributed by atoms with Gasteiger partial charge in [-0.3, -0.25) is 4.79 Å². The van der Waals surface area contributed by atoms with Crippen LogP contribution < -0.4 is 5.32 Å². The minimum Gasteiger partial charge on any atom is -0.467 e. The van der Waals surface area contributed by atoms with E-state index >= 15 is 0 Å². The van der Waals surface area contributed by atoms with Crippen LogP contribution in [0, 0.1) is 6.92 Å². The molecule has 0 aliphatic heterocycles. The Balaban J connectivity index is 1.56. The highest BCUT2D eigenvalue weighted by molar-refractivity contribution is 5.96. The number of aryl methyl sites for hydroxylation is 1. The zero-order valence-corrected chi connectivity index (χ0v) is 16.6. The van der Waals surface area contributed by atoms with Gasteiger partial charge in [-0.25, -0.2) is 4.79 Å². The van der Waals surface area contributed by atoms with E-state index in [1.54, 1.807) is 42.5 Å². The van der Waals surface area contributed by atoms with Crippen LogP contribution in [0.1, 0.15) is 27.2 Å². The lowest BCUT2D eigenvalue weighted by Crippen LogP contribution is -2.31. The number of nitrogens with one attached hydrogen (secondary N) is 1. The molecule has 0 saturated heterocycles. The zero-order chi connectivity index (χ0) is 20.6. The number of anilines is 1. The monoisotopic (exact) mass is 392 g/mol. The predicted molar refractivity (Wildman–Crippen MR) is 110 cm³/mol. The third-order valence-electron chi connectivity index (χ3n) is 4.60. The average molecular weight is 392 g/mol. The number of furan rings is 1. The van der Waals surface area contributed by atoms with Crippen molar-refractivity contribution in [2.45, 2.75) is 20.0 Å². The van der Waals surface area contributed by atoms with Gasteiger partial charge < -0.3 is 19.4 Å². The Morgan fingerprint density at radius 1 is 1.03 bits per heavy atom. The van der Waals surface area contributed by atoms with Crippen LogP contribution in [0.2, 0.25) is 0 Å². The molecule has 0 unspecified atom stereocenters. The number of nitrogens with zero attached hydrogens (tertiary/aromatic N) is 1. The fraction of sp³-hybridized carbons (Fsp3) is 0.217. The van der Waals surface area contributed by atoms with E-state index < -0.39 is 5.97 Å². The summed E-state index contributed by atoms with van der Waals surface area (Å²) in [6.07, 6.45) is 1.59. The van der Waals surface area contributed by atoms with Gasteiger partial charge in [-0.05, 0) is 42.3 Å². The number of esters is 1. The topological polar surface area (TPSA) is 71.8 Å². The molecular weight excluding hydrogens is 368 g/mol. The van der Waals surface area contributed by atoms with Crippen molar-refractivity contribution in [3.63, 3.8) is 0 Å². The van der Waals surface area contributed by atoms with Crippen molar-refractivity contribution in [2.75, 3.05) is 19.0 Å². The van der Waals surface area contributed by atoms with Crippen LogP contribution >= 0.6 is 0 Å². The molecule has 6 nitrogen and oxygen atoms in total. The predicted octanol–water partition coefficient (Wildman–Crippen LogP) is 4.02. The molecule has 0 atom stereocenters. The molecule has 3 aromatic rings. The minimum absolute atomic E-state index is 0.261. The van der Waals surface area contributed by atoms with Crippen LogP contribution in [-0.4, -0.2) is 30.4 Å². The summed E-state index contributed by atoms with van der Waals surface area (Å²) in [7, 11) is 1.70. The summed E-state index contributed by atoms with van der Waals surface area (Å²) in [6.45, 7) is 2.59. The normalized spacial score (nSPS) is 10.4. The maximum atomic E-state index is 12.5. The third-order valence-corrected chi connectivity index (χ3v) is 4.60. The number of hydrogen-bond acceptors (Lipinski definition) is 5. The van der Waals surface area contributed by atoms with Crippen molar-refractivity contribution in [3.05, 3.63) is 89.4 Å². The Morgan fingerprint density at radius 3 is 2.55 bits per heavy atom. The molecule has 29 heavy (non-hydrogen) atoms. The zero-order valence-electron chi connectivity index (χ0n) is 16.6. The number of benzene rings is 2. The van der Waals surface area contributed by atoms with Gasteiger partial charge in [0.1, 0.15) is 5.76 Å². The maximum absolute atomic E-state index is 12.5. The van der Waals surface area contributed by atoms with Gasteiger partial charge in [0.25, 0.3) is 5.91 Å². The fourth-order valence-electron chi connectivity index (χ4n) is 2.86. The van der Waals surface area contributed by atoms with Gasteiger partial charge in [-0.2, -0.15) is 0 Å². The number of rotatable bonds is 8. The third kappa shape index (κ3) is 5.48. The van der Waals surface area contributed by atoms with Gasteiger partial charge in [0, 0.05) is 19.3 Å². The van der Waals surface area contributed by atoms with Gasteiger partial charge in [-0.1, -0.05) is 36.4 Å². The van der Waals surface area contributed by atoms with Crippen molar-refractivity contribution < 1.29 is 18.7 Å². The van der Waals surface area contributed by atoms with Gasteiger partial charge >= 0.3 is 5.97 Å². The lowest BCUT2D eigenvalue weighted by atomic mass is 10.1. The Morgan fingerprint density at radius 2 is 1.79 bits per heavy atom. The number of amides is 1. The van der Waals surface area contributed by atoms with Crippen LogP contribution in [0.25, 0.3) is 0 Å². The first-order valence-electron chi connectivity index (χ1n) is 9.35. The highest BCUT2D eigenvalue weighted by Crippen LogP contribution is 2.18. The molecule has 0 radical (unpaired) electrons. The van der Waals surface area contributed by atoms with Crippen molar-refractivity contribution >= 4 is 17.6 Å². The molecule has 0 saturated carbocycles. The fourth-order valence-corrected chi connectivity index (χ4v) is 2.86. The lowest BCUT2D eigenvalue weighted by Gasteiger charge is -2.18. The van der Waals surface area contributed by atoms with E-state index in [2.05, 4.69) is 5.32 Å². The van der Waals surface area contributed by atoms with Crippen LogP contribution in [0.4, 0.5) is 5.69 Å². The second-order valence-corrected chi connectivity index (χ2v) is 6.73. The van der Waals surface area contributed by atoms with Crippen LogP contribution in [0.15, 0.2) is 71.3 Å². The molecule has 0 aliphatic rings. The Bertz CT molecular complexity index is 967. The highest BCUT2D eigenvalue weighted by Gasteiger charge is 2.17. The summed E-state index contributed by atoms with van der Waals surface area (Å²) in [5, 5.41) is 3.16. The van der Waals surface area contributed by atoms with Crippen LogP contribution in [-0.2, 0) is 22.6 Å². The summed E-state index contributed by atoms with van der Waals surface area (Å²) >= 11 is 0. The SMILES string of the molecule is Cc1ccccc1CN(C)C(=O)COC(=O)c1ccccc1NCc1ccco1. The number of para-hydroxylation sites is 1. The first-order chi connectivity index (χ1) is 14.0. The second-order valence-electron chi connectivity index (χ2n) is 6.73. The average Bonchev–Trinajstić information content (AvgIpc) is 3.25. The van der Waals surface area contributed by atoms with Crippen LogP contribution in [0.3, 0.4) is 0 Å². The number of likely N-dealkylation sites (N-methyl/N-ethyl adjacent to an activating group) is 1. The molecule has 0 fully saturated rings. The van der Waals surface area contributed by atoms with Gasteiger partial charge in [0.05, 0.1) is 18.4 Å². The van der Waals surface area contributed by atoms with E-state index in [0.29, 0.717) is 24.3 Å². The smallest absolute Gasteiger partial charge is 0.340 e. The molecule has 1 amide bonds. The van der Waals surface area contributed by atoms with Gasteiger partial charge in [0.2, 0.25) is 0 Å². The summed E-state index contributed by atoms with van der Waals surface area (Å²) in [5.74, 6) is -0.0611. The van der Waals surface area contributed by atoms with Crippen LogP contribution in [0.5, 0.6) is 0 Å². The lowest BCUT2D eigenvalue weighted by molar-refractivity contribution is -0.133. The molecule has 2 aromatic carbocycles. The molecule has 1 N–H and O–H groups in total. The summed E-state index contributed by atoms with van der Waals surface area (Å²) in [5.41, 5.74) is 3.16. The molecule has 0 aliphatic carbocycles. The molecule has 1 aromatic heterocycles. The largest absolute Gasteiger partial charge is 0.467 e. The Hall–Kier alpha value is -3.54. The Labute approximate surface area is 170 Å². The Kier molecular flexibility index (Phi) is 6.68.